The second-order valence-corrected chi connectivity index (χ2v) is 10.3. The molecule has 184 valence electrons. The summed E-state index contributed by atoms with van der Waals surface area (Å²) < 4.78 is 13.1. The Morgan fingerprint density at radius 2 is 1.86 bits per heavy atom. The molecule has 0 saturated carbocycles. The molecule has 7 nitrogen and oxygen atoms in total. The van der Waals surface area contributed by atoms with Crippen LogP contribution in [0.1, 0.15) is 11.1 Å². The van der Waals surface area contributed by atoms with Crippen molar-refractivity contribution in [2.75, 3.05) is 17.0 Å². The summed E-state index contributed by atoms with van der Waals surface area (Å²) in [6, 6.07) is 20.8. The molecule has 3 aromatic carbocycles. The molecule has 0 radical (unpaired) electrons. The van der Waals surface area contributed by atoms with Crippen LogP contribution in [-0.2, 0) is 16.1 Å². The van der Waals surface area contributed by atoms with E-state index < -0.39 is 0 Å². The lowest BCUT2D eigenvalue weighted by molar-refractivity contribution is -0.116. The maximum absolute atomic E-state index is 13.3. The highest BCUT2D eigenvalue weighted by Crippen LogP contribution is 2.38. The Morgan fingerprint density at radius 3 is 2.73 bits per heavy atom. The molecule has 0 unspecified atom stereocenters. The number of nitrogens with zero attached hydrogens (tertiary/aromatic N) is 2. The number of fused-ring (bicyclic) bond motifs is 2. The number of anilines is 2. The molecule has 6 rings (SSSR count). The number of carbonyl (C=O) groups excluding carboxylic acids is 2. The number of aryl methyl sites for hydroxylation is 1. The van der Waals surface area contributed by atoms with Crippen molar-refractivity contribution in [1.82, 2.24) is 4.57 Å². The van der Waals surface area contributed by atoms with Crippen LogP contribution < -0.4 is 19.7 Å². The average molecular weight is 528 g/mol. The van der Waals surface area contributed by atoms with E-state index in [-0.39, 0.29) is 25.2 Å². The Morgan fingerprint density at radius 1 is 1.08 bits per heavy atom. The zero-order chi connectivity index (χ0) is 25.5. The van der Waals surface area contributed by atoms with E-state index in [0.29, 0.717) is 26.4 Å². The van der Waals surface area contributed by atoms with Crippen molar-refractivity contribution in [1.29, 1.82) is 0 Å². The van der Waals surface area contributed by atoms with E-state index in [1.807, 2.05) is 72.3 Å². The van der Waals surface area contributed by atoms with Crippen LogP contribution in [0.3, 0.4) is 0 Å². The lowest BCUT2D eigenvalue weighted by atomic mass is 10.1. The Kier molecular flexibility index (Phi) is 5.94. The first-order valence-electron chi connectivity index (χ1n) is 11.6. The summed E-state index contributed by atoms with van der Waals surface area (Å²) >= 11 is 6.84. The summed E-state index contributed by atoms with van der Waals surface area (Å²) in [6.45, 7) is 2.24. The van der Waals surface area contributed by atoms with Gasteiger partial charge in [0, 0.05) is 34.4 Å². The standard InChI is InChI=1S/C28H21N3O4S2/c1-17-6-2-4-8-21(17)31-27(33)25(37-28(31)36)12-18-14-30(22-9-5-3-7-20(18)22)15-26(32)29-19-10-11-23-24(13-19)35-16-34-23/h2-14H,15-16H2,1H3,(H,29,32)/b25-12-. The van der Waals surface area contributed by atoms with Crippen LogP contribution in [0.5, 0.6) is 11.5 Å². The fourth-order valence-corrected chi connectivity index (χ4v) is 5.76. The number of thiocarbonyl (C=S) groups is 1. The Balaban J connectivity index is 1.27. The molecular formula is C28H21N3O4S2. The first kappa shape index (κ1) is 23.3. The highest BCUT2D eigenvalue weighted by Gasteiger charge is 2.34. The van der Waals surface area contributed by atoms with Crippen LogP contribution in [-0.4, -0.2) is 27.5 Å². The molecule has 2 aliphatic heterocycles. The van der Waals surface area contributed by atoms with E-state index >= 15 is 0 Å². The van der Waals surface area contributed by atoms with Gasteiger partial charge in [0.05, 0.1) is 10.6 Å². The average Bonchev–Trinajstić information content (AvgIpc) is 3.56. The van der Waals surface area contributed by atoms with Crippen LogP contribution in [0.15, 0.2) is 77.8 Å². The molecule has 9 heteroatoms. The SMILES string of the molecule is Cc1ccccc1N1C(=O)/C(=C/c2cn(CC(=O)Nc3ccc4c(c3)OCO4)c3ccccc23)SC1=S. The zero-order valence-electron chi connectivity index (χ0n) is 19.8. The van der Waals surface area contributed by atoms with Crippen LogP contribution in [0.4, 0.5) is 11.4 Å². The first-order valence-corrected chi connectivity index (χ1v) is 12.8. The summed E-state index contributed by atoms with van der Waals surface area (Å²) in [5.41, 5.74) is 4.13. The largest absolute Gasteiger partial charge is 0.454 e. The molecule has 1 saturated heterocycles. The molecule has 1 aromatic heterocycles. The first-order chi connectivity index (χ1) is 18.0. The van der Waals surface area contributed by atoms with E-state index in [9.17, 15) is 9.59 Å². The van der Waals surface area contributed by atoms with Gasteiger partial charge >= 0.3 is 0 Å². The van der Waals surface area contributed by atoms with Gasteiger partial charge in [-0.05, 0) is 42.8 Å². The summed E-state index contributed by atoms with van der Waals surface area (Å²) in [6.07, 6.45) is 3.75. The van der Waals surface area contributed by atoms with Crippen molar-refractivity contribution in [3.8, 4) is 11.5 Å². The molecule has 3 heterocycles. The zero-order valence-corrected chi connectivity index (χ0v) is 21.4. The Labute approximate surface area is 222 Å². The minimum Gasteiger partial charge on any atom is -0.454 e. The van der Waals surface area contributed by atoms with E-state index in [4.69, 9.17) is 21.7 Å². The number of benzene rings is 3. The lowest BCUT2D eigenvalue weighted by Gasteiger charge is -2.16. The van der Waals surface area contributed by atoms with E-state index in [1.165, 1.54) is 11.8 Å². The molecular weight excluding hydrogens is 506 g/mol. The Hall–Kier alpha value is -4.08. The van der Waals surface area contributed by atoms with Crippen molar-refractivity contribution in [3.05, 3.63) is 89.0 Å². The molecule has 0 bridgehead atoms. The number of amides is 2. The topological polar surface area (TPSA) is 72.8 Å². The number of hydrogen-bond acceptors (Lipinski definition) is 6. The van der Waals surface area contributed by atoms with Crippen LogP contribution >= 0.6 is 24.0 Å². The molecule has 0 spiro atoms. The fourth-order valence-electron chi connectivity index (χ4n) is 4.48. The predicted molar refractivity (Wildman–Crippen MR) is 150 cm³/mol. The number of nitrogens with one attached hydrogen (secondary N) is 1. The summed E-state index contributed by atoms with van der Waals surface area (Å²) in [5.74, 6) is 0.931. The highest BCUT2D eigenvalue weighted by atomic mass is 32.2. The number of rotatable bonds is 5. The van der Waals surface area contributed by atoms with Gasteiger partial charge in [0.25, 0.3) is 5.91 Å². The van der Waals surface area contributed by atoms with Gasteiger partial charge in [-0.1, -0.05) is 60.4 Å². The third-order valence-electron chi connectivity index (χ3n) is 6.23. The van der Waals surface area contributed by atoms with E-state index in [2.05, 4.69) is 5.32 Å². The van der Waals surface area contributed by atoms with E-state index in [0.717, 1.165) is 27.7 Å². The number of carbonyl (C=O) groups is 2. The third-order valence-corrected chi connectivity index (χ3v) is 7.53. The van der Waals surface area contributed by atoms with Crippen LogP contribution in [0, 0.1) is 6.92 Å². The quantitative estimate of drug-likeness (QED) is 0.264. The van der Waals surface area contributed by atoms with Crippen molar-refractivity contribution in [3.63, 3.8) is 0 Å². The van der Waals surface area contributed by atoms with E-state index in [1.54, 1.807) is 23.1 Å². The minimum absolute atomic E-state index is 0.104. The molecule has 1 fully saturated rings. The number of aromatic nitrogens is 1. The van der Waals surface area contributed by atoms with Gasteiger partial charge in [0.1, 0.15) is 6.54 Å². The molecule has 2 amide bonds. The molecule has 2 aliphatic rings. The third kappa shape index (κ3) is 4.36. The molecule has 0 aliphatic carbocycles. The second-order valence-electron chi connectivity index (χ2n) is 8.65. The number of thioether (sulfide) groups is 1. The summed E-state index contributed by atoms with van der Waals surface area (Å²) in [7, 11) is 0. The van der Waals surface area contributed by atoms with Crippen molar-refractivity contribution in [2.45, 2.75) is 13.5 Å². The number of para-hydroxylation sites is 2. The summed E-state index contributed by atoms with van der Waals surface area (Å²) in [5, 5.41) is 3.86. The monoisotopic (exact) mass is 527 g/mol. The van der Waals surface area contributed by atoms with Crippen molar-refractivity contribution in [2.24, 2.45) is 0 Å². The molecule has 4 aromatic rings. The number of ether oxygens (including phenoxy) is 2. The van der Waals surface area contributed by atoms with Gasteiger partial charge in [0.15, 0.2) is 15.8 Å². The normalized spacial score (nSPS) is 15.7. The van der Waals surface area contributed by atoms with Crippen molar-refractivity contribution >= 4 is 68.5 Å². The van der Waals surface area contributed by atoms with Gasteiger partial charge in [-0.25, -0.2) is 0 Å². The van der Waals surface area contributed by atoms with Gasteiger partial charge in [-0.15, -0.1) is 0 Å². The predicted octanol–water partition coefficient (Wildman–Crippen LogP) is 5.72. The maximum Gasteiger partial charge on any atom is 0.270 e. The van der Waals surface area contributed by atoms with Gasteiger partial charge in [0.2, 0.25) is 12.7 Å². The Bertz CT molecular complexity index is 1620. The molecule has 0 atom stereocenters. The summed E-state index contributed by atoms with van der Waals surface area (Å²) in [4.78, 5) is 28.4. The van der Waals surface area contributed by atoms with Gasteiger partial charge in [-0.3, -0.25) is 14.5 Å². The fraction of sp³-hybridized carbons (Fsp3) is 0.107. The maximum atomic E-state index is 13.3. The van der Waals surface area contributed by atoms with Crippen LogP contribution in [0.25, 0.3) is 17.0 Å². The molecule has 1 N–H and O–H groups in total. The van der Waals surface area contributed by atoms with Gasteiger partial charge in [-0.2, -0.15) is 0 Å². The lowest BCUT2D eigenvalue weighted by Crippen LogP contribution is -2.28. The smallest absolute Gasteiger partial charge is 0.270 e. The van der Waals surface area contributed by atoms with Crippen molar-refractivity contribution < 1.29 is 19.1 Å². The minimum atomic E-state index is -0.183. The highest BCUT2D eigenvalue weighted by molar-refractivity contribution is 8.27. The van der Waals surface area contributed by atoms with Gasteiger partial charge < -0.3 is 19.4 Å². The second kappa shape index (κ2) is 9.42. The van der Waals surface area contributed by atoms with Crippen LogP contribution in [0.2, 0.25) is 0 Å². The number of hydrogen-bond donors (Lipinski definition) is 1. The molecule has 37 heavy (non-hydrogen) atoms.